The van der Waals surface area contributed by atoms with Gasteiger partial charge in [-0.1, -0.05) is 48.6 Å². The van der Waals surface area contributed by atoms with Gasteiger partial charge in [0, 0.05) is 0 Å². The van der Waals surface area contributed by atoms with Crippen molar-refractivity contribution in [1.29, 1.82) is 0 Å². The predicted octanol–water partition coefficient (Wildman–Crippen LogP) is 2.42. The van der Waals surface area contributed by atoms with E-state index < -0.39 is 0 Å². The van der Waals surface area contributed by atoms with E-state index in [9.17, 15) is 0 Å². The molecule has 0 radical (unpaired) electrons. The summed E-state index contributed by atoms with van der Waals surface area (Å²) in [5.74, 6) is 0. The van der Waals surface area contributed by atoms with Crippen LogP contribution in [-0.2, 0) is 4.74 Å². The highest BCUT2D eigenvalue weighted by Crippen LogP contribution is 2.34. The molecule has 0 saturated carbocycles. The Labute approximate surface area is 107 Å². The van der Waals surface area contributed by atoms with Crippen LogP contribution in [0, 0.1) is 0 Å². The first kappa shape index (κ1) is 10.5. The fourth-order valence-corrected chi connectivity index (χ4v) is 3.23. The molecule has 1 N–H and O–H groups in total. The van der Waals surface area contributed by atoms with Gasteiger partial charge in [-0.15, -0.1) is 0 Å². The SMILES string of the molecule is C1=CC2N[C@H]3C=CC4=C(C=CCC4)C3OC2C=C1. The van der Waals surface area contributed by atoms with Crippen LogP contribution >= 0.6 is 0 Å². The maximum Gasteiger partial charge on any atom is 0.102 e. The summed E-state index contributed by atoms with van der Waals surface area (Å²) in [4.78, 5) is 0. The van der Waals surface area contributed by atoms with Crippen LogP contribution in [0.2, 0.25) is 0 Å². The van der Waals surface area contributed by atoms with E-state index in [-0.39, 0.29) is 12.2 Å². The molecular weight excluding hydrogens is 222 g/mol. The minimum atomic E-state index is 0.173. The Morgan fingerprint density at radius 3 is 3.00 bits per heavy atom. The van der Waals surface area contributed by atoms with Crippen LogP contribution in [0.4, 0.5) is 0 Å². The molecule has 0 spiro atoms. The lowest BCUT2D eigenvalue weighted by atomic mass is 9.84. The number of fused-ring (bicyclic) bond motifs is 3. The summed E-state index contributed by atoms with van der Waals surface area (Å²) in [5.41, 5.74) is 2.83. The third kappa shape index (κ3) is 1.57. The fraction of sp³-hybridized carbons (Fsp3) is 0.375. The molecule has 4 aliphatic rings. The first-order valence-corrected chi connectivity index (χ1v) is 6.76. The van der Waals surface area contributed by atoms with E-state index in [1.165, 1.54) is 11.1 Å². The van der Waals surface area contributed by atoms with Crippen molar-refractivity contribution in [3.63, 3.8) is 0 Å². The lowest BCUT2D eigenvalue weighted by Crippen LogP contribution is -2.58. The lowest BCUT2D eigenvalue weighted by Gasteiger charge is -2.43. The van der Waals surface area contributed by atoms with Crippen LogP contribution in [-0.4, -0.2) is 24.3 Å². The van der Waals surface area contributed by atoms with Crippen molar-refractivity contribution in [2.45, 2.75) is 37.1 Å². The Morgan fingerprint density at radius 2 is 2.00 bits per heavy atom. The summed E-state index contributed by atoms with van der Waals surface area (Å²) >= 11 is 0. The second-order valence-electron chi connectivity index (χ2n) is 5.29. The number of nitrogens with one attached hydrogen (secondary N) is 1. The number of hydrogen-bond acceptors (Lipinski definition) is 2. The van der Waals surface area contributed by atoms with E-state index in [0.717, 1.165) is 12.8 Å². The van der Waals surface area contributed by atoms with Crippen molar-refractivity contribution in [2.24, 2.45) is 0 Å². The van der Waals surface area contributed by atoms with Crippen LogP contribution in [0.5, 0.6) is 0 Å². The van der Waals surface area contributed by atoms with Crippen molar-refractivity contribution in [3.8, 4) is 0 Å². The molecule has 1 heterocycles. The van der Waals surface area contributed by atoms with E-state index in [0.29, 0.717) is 12.1 Å². The van der Waals surface area contributed by atoms with Gasteiger partial charge in [-0.2, -0.15) is 0 Å². The van der Waals surface area contributed by atoms with Crippen LogP contribution in [0.3, 0.4) is 0 Å². The largest absolute Gasteiger partial charge is 0.362 e. The van der Waals surface area contributed by atoms with Gasteiger partial charge in [0.1, 0.15) is 6.10 Å². The molecule has 18 heavy (non-hydrogen) atoms. The molecule has 2 nitrogen and oxygen atoms in total. The van der Waals surface area contributed by atoms with Crippen molar-refractivity contribution < 1.29 is 4.74 Å². The molecule has 0 bridgehead atoms. The van der Waals surface area contributed by atoms with E-state index in [1.807, 2.05) is 0 Å². The van der Waals surface area contributed by atoms with Crippen LogP contribution in [0.25, 0.3) is 0 Å². The van der Waals surface area contributed by atoms with Gasteiger partial charge in [0.2, 0.25) is 0 Å². The summed E-state index contributed by atoms with van der Waals surface area (Å²) in [6.45, 7) is 0. The highest BCUT2D eigenvalue weighted by atomic mass is 16.5. The fourth-order valence-electron chi connectivity index (χ4n) is 3.23. The highest BCUT2D eigenvalue weighted by molar-refractivity contribution is 5.45. The maximum absolute atomic E-state index is 6.30. The number of allylic oxidation sites excluding steroid dienone is 5. The van der Waals surface area contributed by atoms with Crippen molar-refractivity contribution in [3.05, 3.63) is 59.8 Å². The van der Waals surface area contributed by atoms with Crippen LogP contribution in [0.15, 0.2) is 59.8 Å². The summed E-state index contributed by atoms with van der Waals surface area (Å²) in [6.07, 6.45) is 20.2. The molecule has 4 rings (SSSR count). The predicted molar refractivity (Wildman–Crippen MR) is 72.2 cm³/mol. The van der Waals surface area contributed by atoms with Gasteiger partial charge in [0.25, 0.3) is 0 Å². The zero-order valence-electron chi connectivity index (χ0n) is 10.3. The number of hydrogen-bond donors (Lipinski definition) is 1. The van der Waals surface area contributed by atoms with E-state index in [2.05, 4.69) is 53.9 Å². The molecule has 4 atom stereocenters. The first-order valence-electron chi connectivity index (χ1n) is 6.76. The Balaban J connectivity index is 1.67. The van der Waals surface area contributed by atoms with E-state index >= 15 is 0 Å². The average molecular weight is 239 g/mol. The van der Waals surface area contributed by atoms with Gasteiger partial charge in [-0.3, -0.25) is 5.32 Å². The van der Waals surface area contributed by atoms with Crippen LogP contribution in [0.1, 0.15) is 12.8 Å². The quantitative estimate of drug-likeness (QED) is 0.701. The number of rotatable bonds is 0. The molecule has 0 amide bonds. The third-order valence-corrected chi connectivity index (χ3v) is 4.16. The second kappa shape index (κ2) is 4.08. The maximum atomic E-state index is 6.30. The number of ether oxygens (including phenoxy) is 1. The number of morpholine rings is 1. The van der Waals surface area contributed by atoms with Gasteiger partial charge in [-0.05, 0) is 24.0 Å². The first-order chi connectivity index (χ1) is 8.92. The normalized spacial score (nSPS) is 40.4. The van der Waals surface area contributed by atoms with Crippen molar-refractivity contribution in [1.82, 2.24) is 5.32 Å². The average Bonchev–Trinajstić information content (AvgIpc) is 2.45. The molecule has 3 unspecified atom stereocenters. The van der Waals surface area contributed by atoms with Crippen LogP contribution < -0.4 is 5.32 Å². The molecule has 1 aliphatic heterocycles. The van der Waals surface area contributed by atoms with Crippen molar-refractivity contribution in [2.75, 3.05) is 0 Å². The second-order valence-corrected chi connectivity index (χ2v) is 5.29. The lowest BCUT2D eigenvalue weighted by molar-refractivity contribution is -0.0264. The monoisotopic (exact) mass is 239 g/mol. The molecule has 1 saturated heterocycles. The molecule has 0 aromatic rings. The summed E-state index contributed by atoms with van der Waals surface area (Å²) in [6, 6.07) is 0.625. The highest BCUT2D eigenvalue weighted by Gasteiger charge is 2.38. The van der Waals surface area contributed by atoms with Gasteiger partial charge in [0.05, 0.1) is 18.2 Å². The molecule has 1 fully saturated rings. The smallest absolute Gasteiger partial charge is 0.102 e. The minimum absolute atomic E-state index is 0.173. The van der Waals surface area contributed by atoms with Gasteiger partial charge in [-0.25, -0.2) is 0 Å². The van der Waals surface area contributed by atoms with Gasteiger partial charge < -0.3 is 4.74 Å². The summed E-state index contributed by atoms with van der Waals surface area (Å²) in [5, 5.41) is 3.67. The Bertz CT molecular complexity index is 509. The summed E-state index contributed by atoms with van der Waals surface area (Å²) < 4.78 is 6.30. The van der Waals surface area contributed by atoms with E-state index in [1.54, 1.807) is 0 Å². The molecule has 3 aliphatic carbocycles. The molecule has 0 aromatic carbocycles. The molecular formula is C16H17NO. The summed E-state index contributed by atoms with van der Waals surface area (Å²) in [7, 11) is 0. The standard InChI is InChI=1S/C16H17NO/c1-2-6-12-11(5-1)9-10-14-16(12)18-15-8-4-3-7-13(15)17-14/h2-4,6-10,13-17H,1,5H2/t13?,14-,15?,16?/m0/s1. The van der Waals surface area contributed by atoms with E-state index in [4.69, 9.17) is 4.74 Å². The Kier molecular flexibility index (Phi) is 2.39. The molecule has 92 valence electrons. The minimum Gasteiger partial charge on any atom is -0.362 e. The zero-order valence-corrected chi connectivity index (χ0v) is 10.3. The molecule has 2 heteroatoms. The topological polar surface area (TPSA) is 21.3 Å². The zero-order chi connectivity index (χ0) is 11.9. The van der Waals surface area contributed by atoms with Crippen molar-refractivity contribution >= 4 is 0 Å². The Hall–Kier alpha value is -1.38. The molecule has 0 aromatic heterocycles. The van der Waals surface area contributed by atoms with Gasteiger partial charge >= 0.3 is 0 Å². The Morgan fingerprint density at radius 1 is 1.06 bits per heavy atom. The third-order valence-electron chi connectivity index (χ3n) is 4.16. The van der Waals surface area contributed by atoms with Gasteiger partial charge in [0.15, 0.2) is 0 Å².